The number of oxazole rings is 1. The van der Waals surface area contributed by atoms with E-state index in [1.165, 1.54) is 5.56 Å². The molecule has 0 amide bonds. The third-order valence-electron chi connectivity index (χ3n) is 2.91. The largest absolute Gasteiger partial charge is 0.430 e. The lowest BCUT2D eigenvalue weighted by Crippen LogP contribution is -1.76. The summed E-state index contributed by atoms with van der Waals surface area (Å²) in [7, 11) is 0. The Hall–Kier alpha value is -2.53. The highest BCUT2D eigenvalue weighted by atomic mass is 16.3. The van der Waals surface area contributed by atoms with E-state index in [0.29, 0.717) is 5.89 Å². The molecule has 0 unspecified atom stereocenters. The van der Waals surface area contributed by atoms with Gasteiger partial charge in [-0.1, -0.05) is 29.7 Å². The smallest absolute Gasteiger partial charge is 0.274 e. The van der Waals surface area contributed by atoms with Gasteiger partial charge in [-0.3, -0.25) is 0 Å². The lowest BCUT2D eigenvalue weighted by molar-refractivity contribution is 0.586. The molecule has 0 saturated heterocycles. The minimum absolute atomic E-state index is 0.459. The highest BCUT2D eigenvalue weighted by molar-refractivity contribution is 5.73. The number of aryl methyl sites for hydroxylation is 2. The minimum Gasteiger partial charge on any atom is -0.430 e. The second-order valence-electron chi connectivity index (χ2n) is 4.61. The molecule has 0 aliphatic heterocycles. The fourth-order valence-electron chi connectivity index (χ4n) is 1.85. The summed E-state index contributed by atoms with van der Waals surface area (Å²) in [6, 6.07) is 14.0. The van der Waals surface area contributed by atoms with Crippen LogP contribution in [0.5, 0.6) is 0 Å². The van der Waals surface area contributed by atoms with Crippen LogP contribution in [-0.4, -0.2) is 4.98 Å². The maximum absolute atomic E-state index is 5.61. The molecule has 3 rings (SSSR count). The highest BCUT2D eigenvalue weighted by Crippen LogP contribution is 2.16. The van der Waals surface area contributed by atoms with Crippen LogP contribution in [0.1, 0.15) is 22.6 Å². The van der Waals surface area contributed by atoms with Gasteiger partial charge in [0.2, 0.25) is 0 Å². The molecule has 0 fully saturated rings. The van der Waals surface area contributed by atoms with Gasteiger partial charge >= 0.3 is 0 Å². The quantitative estimate of drug-likeness (QED) is 0.564. The van der Waals surface area contributed by atoms with Gasteiger partial charge in [-0.2, -0.15) is 0 Å². The monoisotopic (exact) mass is 247 g/mol. The molecule has 0 atom stereocenters. The molecule has 3 aromatic rings. The number of fused-ring (bicyclic) bond motifs is 1. The topological polar surface area (TPSA) is 26.0 Å². The fourth-order valence-corrected chi connectivity index (χ4v) is 1.85. The molecule has 1 heterocycles. The van der Waals surface area contributed by atoms with Crippen molar-refractivity contribution < 1.29 is 4.42 Å². The van der Waals surface area contributed by atoms with E-state index in [2.05, 4.69) is 23.7 Å². The Bertz CT molecular complexity index is 785. The van der Waals surface area contributed by atoms with E-state index in [9.17, 15) is 0 Å². The number of rotatable bonds is 0. The lowest BCUT2D eigenvalue weighted by Gasteiger charge is -1.90. The molecule has 0 aliphatic rings. The third kappa shape index (κ3) is 2.51. The van der Waals surface area contributed by atoms with Crippen LogP contribution in [0.15, 0.2) is 46.9 Å². The van der Waals surface area contributed by atoms with Gasteiger partial charge in [0, 0.05) is 5.56 Å². The predicted molar refractivity (Wildman–Crippen MR) is 75.9 cm³/mol. The van der Waals surface area contributed by atoms with Crippen molar-refractivity contribution in [3.8, 4) is 11.8 Å². The van der Waals surface area contributed by atoms with Crippen molar-refractivity contribution in [1.82, 2.24) is 4.98 Å². The van der Waals surface area contributed by atoms with Crippen LogP contribution in [0.3, 0.4) is 0 Å². The standard InChI is InChI=1S/C17H13NO/c1-12-3-6-14(7-4-12)8-10-17-18-15-9-5-13(2)11-16(15)19-17/h3-7,9,11H,1-2H3. The van der Waals surface area contributed by atoms with Gasteiger partial charge in [0.25, 0.3) is 5.89 Å². The molecule has 0 aliphatic carbocycles. The zero-order chi connectivity index (χ0) is 13.2. The van der Waals surface area contributed by atoms with E-state index < -0.39 is 0 Å². The average molecular weight is 247 g/mol. The first-order chi connectivity index (χ1) is 9.20. The Labute approximate surface area is 112 Å². The molecule has 2 nitrogen and oxygen atoms in total. The second-order valence-corrected chi connectivity index (χ2v) is 4.61. The van der Waals surface area contributed by atoms with Gasteiger partial charge < -0.3 is 4.42 Å². The zero-order valence-corrected chi connectivity index (χ0v) is 10.9. The lowest BCUT2D eigenvalue weighted by atomic mass is 10.2. The molecule has 2 heteroatoms. The molecular weight excluding hydrogens is 234 g/mol. The summed E-state index contributed by atoms with van der Waals surface area (Å²) in [6.45, 7) is 4.08. The summed E-state index contributed by atoms with van der Waals surface area (Å²) in [4.78, 5) is 4.35. The van der Waals surface area contributed by atoms with E-state index >= 15 is 0 Å². The number of hydrogen-bond acceptors (Lipinski definition) is 2. The molecule has 2 aromatic carbocycles. The molecular formula is C17H13NO. The van der Waals surface area contributed by atoms with E-state index in [1.54, 1.807) is 0 Å². The predicted octanol–water partition coefficient (Wildman–Crippen LogP) is 3.84. The molecule has 0 radical (unpaired) electrons. The van der Waals surface area contributed by atoms with Crippen LogP contribution in [0, 0.1) is 25.7 Å². The second kappa shape index (κ2) is 4.62. The first-order valence-electron chi connectivity index (χ1n) is 6.16. The van der Waals surface area contributed by atoms with E-state index in [1.807, 2.05) is 49.4 Å². The van der Waals surface area contributed by atoms with Gasteiger partial charge in [0.1, 0.15) is 5.52 Å². The van der Waals surface area contributed by atoms with E-state index in [-0.39, 0.29) is 0 Å². The van der Waals surface area contributed by atoms with Crippen molar-refractivity contribution in [2.24, 2.45) is 0 Å². The van der Waals surface area contributed by atoms with Crippen LogP contribution >= 0.6 is 0 Å². The molecule has 0 saturated carbocycles. The molecule has 92 valence electrons. The molecule has 0 spiro atoms. The summed E-state index contributed by atoms with van der Waals surface area (Å²) in [5, 5.41) is 0. The van der Waals surface area contributed by atoms with Gasteiger partial charge in [0.05, 0.1) is 0 Å². The Kier molecular flexibility index (Phi) is 2.81. The fraction of sp³-hybridized carbons (Fsp3) is 0.118. The Balaban J connectivity index is 1.95. The SMILES string of the molecule is Cc1ccc(C#Cc2nc3ccc(C)cc3o2)cc1. The summed E-state index contributed by atoms with van der Waals surface area (Å²) >= 11 is 0. The molecule has 0 N–H and O–H groups in total. The van der Waals surface area contributed by atoms with Gasteiger partial charge in [-0.25, -0.2) is 4.98 Å². The van der Waals surface area contributed by atoms with Crippen molar-refractivity contribution in [3.05, 3.63) is 65.0 Å². The van der Waals surface area contributed by atoms with Crippen molar-refractivity contribution in [1.29, 1.82) is 0 Å². The molecule has 0 bridgehead atoms. The number of aromatic nitrogens is 1. The Morgan fingerprint density at radius 1 is 0.895 bits per heavy atom. The van der Waals surface area contributed by atoms with E-state index in [4.69, 9.17) is 4.42 Å². The first-order valence-corrected chi connectivity index (χ1v) is 6.16. The van der Waals surface area contributed by atoms with Crippen LogP contribution in [0.4, 0.5) is 0 Å². The number of nitrogens with zero attached hydrogens (tertiary/aromatic N) is 1. The Morgan fingerprint density at radius 2 is 1.63 bits per heavy atom. The summed E-state index contributed by atoms with van der Waals surface area (Å²) < 4.78 is 5.61. The Morgan fingerprint density at radius 3 is 2.42 bits per heavy atom. The van der Waals surface area contributed by atoms with Crippen LogP contribution in [0.25, 0.3) is 11.1 Å². The maximum Gasteiger partial charge on any atom is 0.274 e. The molecule has 19 heavy (non-hydrogen) atoms. The van der Waals surface area contributed by atoms with Crippen molar-refractivity contribution >= 4 is 11.1 Å². The van der Waals surface area contributed by atoms with Crippen molar-refractivity contribution in [3.63, 3.8) is 0 Å². The minimum atomic E-state index is 0.459. The highest BCUT2D eigenvalue weighted by Gasteiger charge is 2.02. The molecule has 1 aromatic heterocycles. The van der Waals surface area contributed by atoms with Gasteiger partial charge in [0.15, 0.2) is 5.58 Å². The summed E-state index contributed by atoms with van der Waals surface area (Å²) in [5.74, 6) is 6.48. The van der Waals surface area contributed by atoms with Gasteiger partial charge in [-0.05, 0) is 49.6 Å². The summed E-state index contributed by atoms with van der Waals surface area (Å²) in [6.07, 6.45) is 0. The maximum atomic E-state index is 5.61. The van der Waals surface area contributed by atoms with Gasteiger partial charge in [-0.15, -0.1) is 0 Å². The van der Waals surface area contributed by atoms with Crippen LogP contribution < -0.4 is 0 Å². The first kappa shape index (κ1) is 11.6. The zero-order valence-electron chi connectivity index (χ0n) is 10.9. The third-order valence-corrected chi connectivity index (χ3v) is 2.91. The van der Waals surface area contributed by atoms with Crippen molar-refractivity contribution in [2.75, 3.05) is 0 Å². The van der Waals surface area contributed by atoms with Crippen molar-refractivity contribution in [2.45, 2.75) is 13.8 Å². The normalized spacial score (nSPS) is 10.2. The number of hydrogen-bond donors (Lipinski definition) is 0. The summed E-state index contributed by atoms with van der Waals surface area (Å²) in [5.41, 5.74) is 4.97. The van der Waals surface area contributed by atoms with Crippen LogP contribution in [-0.2, 0) is 0 Å². The van der Waals surface area contributed by atoms with E-state index in [0.717, 1.165) is 22.2 Å². The van der Waals surface area contributed by atoms with Crippen LogP contribution in [0.2, 0.25) is 0 Å². The number of benzene rings is 2. The average Bonchev–Trinajstić information content (AvgIpc) is 2.80.